The van der Waals surface area contributed by atoms with Gasteiger partial charge in [-0.3, -0.25) is 19.3 Å². The van der Waals surface area contributed by atoms with Gasteiger partial charge in [-0.15, -0.1) is 0 Å². The lowest BCUT2D eigenvalue weighted by Gasteiger charge is -2.37. The molecule has 31 heavy (non-hydrogen) atoms. The number of anilines is 1. The van der Waals surface area contributed by atoms with Crippen molar-refractivity contribution < 1.29 is 19.1 Å². The van der Waals surface area contributed by atoms with Crippen molar-refractivity contribution in [3.8, 4) is 11.5 Å². The van der Waals surface area contributed by atoms with Gasteiger partial charge in [0.25, 0.3) is 0 Å². The normalized spacial score (nSPS) is 31.9. The minimum Gasteiger partial charge on any atom is -0.457 e. The van der Waals surface area contributed by atoms with Gasteiger partial charge in [0.1, 0.15) is 18.0 Å². The van der Waals surface area contributed by atoms with Crippen LogP contribution in [-0.4, -0.2) is 29.2 Å². The zero-order valence-electron chi connectivity index (χ0n) is 16.8. The number of likely N-dealkylation sites (tertiary alicyclic amines) is 1. The summed E-state index contributed by atoms with van der Waals surface area (Å²) in [5.74, 6) is 1.56. The molecule has 0 unspecified atom stereocenters. The number of carbonyl (C=O) groups is 3. The van der Waals surface area contributed by atoms with E-state index in [-0.39, 0.29) is 47.9 Å². The monoisotopic (exact) mass is 414 g/mol. The second-order valence-corrected chi connectivity index (χ2v) is 8.90. The molecule has 2 aromatic rings. The molecular weight excluding hydrogens is 392 g/mol. The van der Waals surface area contributed by atoms with Crippen molar-refractivity contribution in [2.24, 2.45) is 35.5 Å². The molecule has 156 valence electrons. The first-order chi connectivity index (χ1) is 15.1. The molecule has 3 fully saturated rings. The maximum absolute atomic E-state index is 13.0. The van der Waals surface area contributed by atoms with Crippen molar-refractivity contribution in [2.75, 3.05) is 11.9 Å². The zero-order chi connectivity index (χ0) is 21.1. The van der Waals surface area contributed by atoms with Crippen molar-refractivity contribution in [1.82, 2.24) is 4.90 Å². The number of carbonyl (C=O) groups excluding carboxylic acids is 3. The van der Waals surface area contributed by atoms with Crippen LogP contribution in [0.5, 0.6) is 11.5 Å². The quantitative estimate of drug-likeness (QED) is 0.601. The van der Waals surface area contributed by atoms with E-state index in [1.54, 1.807) is 24.3 Å². The molecule has 6 heteroatoms. The van der Waals surface area contributed by atoms with Crippen molar-refractivity contribution in [3.05, 3.63) is 66.7 Å². The van der Waals surface area contributed by atoms with Crippen LogP contribution >= 0.6 is 0 Å². The molecule has 2 saturated carbocycles. The molecule has 0 aromatic heterocycles. The number of amides is 3. The molecule has 5 aliphatic rings. The summed E-state index contributed by atoms with van der Waals surface area (Å²) in [5.41, 5.74) is 0.588. The number of nitrogens with one attached hydrogen (secondary N) is 1. The largest absolute Gasteiger partial charge is 0.457 e. The van der Waals surface area contributed by atoms with E-state index in [2.05, 4.69) is 17.5 Å². The number of para-hydroxylation sites is 1. The Bertz CT molecular complexity index is 1060. The van der Waals surface area contributed by atoms with E-state index in [0.29, 0.717) is 23.3 Å². The van der Waals surface area contributed by atoms with E-state index in [1.165, 1.54) is 4.90 Å². The smallest absolute Gasteiger partial charge is 0.244 e. The number of benzene rings is 2. The molecule has 0 spiro atoms. The van der Waals surface area contributed by atoms with Crippen molar-refractivity contribution in [3.63, 3.8) is 0 Å². The molecule has 3 amide bonds. The highest BCUT2D eigenvalue weighted by Crippen LogP contribution is 2.65. The number of hydrogen-bond donors (Lipinski definition) is 1. The number of nitrogens with zero attached hydrogens (tertiary/aromatic N) is 1. The SMILES string of the molecule is O=C(CN1C(=O)[C@@H]2[C@@H]3C=C[C@H]([C@@H]4C[C@H]34)[C@H]2C1=O)Nc1ccc(Oc2ccccc2)cc1. The van der Waals surface area contributed by atoms with Gasteiger partial charge in [-0.25, -0.2) is 0 Å². The predicted molar refractivity (Wildman–Crippen MR) is 113 cm³/mol. The fourth-order valence-electron chi connectivity index (χ4n) is 5.75. The summed E-state index contributed by atoms with van der Waals surface area (Å²) >= 11 is 0. The van der Waals surface area contributed by atoms with Gasteiger partial charge in [0.15, 0.2) is 0 Å². The molecule has 6 nitrogen and oxygen atoms in total. The average molecular weight is 414 g/mol. The van der Waals surface area contributed by atoms with Crippen molar-refractivity contribution >= 4 is 23.4 Å². The van der Waals surface area contributed by atoms with E-state index in [4.69, 9.17) is 4.74 Å². The predicted octanol–water partition coefficient (Wildman–Crippen LogP) is 3.47. The van der Waals surface area contributed by atoms with Crippen LogP contribution in [0.4, 0.5) is 5.69 Å². The molecule has 4 aliphatic carbocycles. The number of imide groups is 1. The number of hydrogen-bond acceptors (Lipinski definition) is 4. The summed E-state index contributed by atoms with van der Waals surface area (Å²) in [6, 6.07) is 16.4. The van der Waals surface area contributed by atoms with E-state index in [1.807, 2.05) is 30.3 Å². The lowest BCUT2D eigenvalue weighted by atomic mass is 9.63. The highest BCUT2D eigenvalue weighted by molar-refractivity contribution is 6.09. The molecule has 1 N–H and O–H groups in total. The lowest BCUT2D eigenvalue weighted by molar-refractivity contribution is -0.142. The Balaban J connectivity index is 1.10. The molecule has 2 aromatic carbocycles. The van der Waals surface area contributed by atoms with Crippen LogP contribution in [0.2, 0.25) is 0 Å². The molecule has 1 saturated heterocycles. The third kappa shape index (κ3) is 2.97. The minimum absolute atomic E-state index is 0.168. The van der Waals surface area contributed by atoms with Gasteiger partial charge < -0.3 is 10.1 Å². The standard InChI is InChI=1S/C25H22N2O4/c28-21(26-14-6-8-16(9-7-14)31-15-4-2-1-3-5-15)13-27-24(29)22-17-10-11-18(20-12-19(17)20)23(22)25(27)30/h1-11,17-20,22-23H,12-13H2,(H,26,28)/t17-,18-,19-,20+,22-,23-/m1/s1. The minimum atomic E-state index is -0.373. The topological polar surface area (TPSA) is 75.7 Å². The van der Waals surface area contributed by atoms with Gasteiger partial charge in [-0.1, -0.05) is 30.4 Å². The van der Waals surface area contributed by atoms with E-state index < -0.39 is 0 Å². The summed E-state index contributed by atoms with van der Waals surface area (Å²) in [6.07, 6.45) is 5.39. The maximum Gasteiger partial charge on any atom is 0.244 e. The number of allylic oxidation sites excluding steroid dienone is 2. The van der Waals surface area contributed by atoms with Crippen LogP contribution < -0.4 is 10.1 Å². The summed E-state index contributed by atoms with van der Waals surface area (Å²) in [5, 5.41) is 2.78. The average Bonchev–Trinajstić information content (AvgIpc) is 3.57. The third-order valence-electron chi connectivity index (χ3n) is 7.17. The Labute approximate surface area is 179 Å². The Kier molecular flexibility index (Phi) is 4.03. The number of ether oxygens (including phenoxy) is 1. The van der Waals surface area contributed by atoms with Gasteiger partial charge in [-0.2, -0.15) is 0 Å². The lowest BCUT2D eigenvalue weighted by Crippen LogP contribution is -2.40. The third-order valence-corrected chi connectivity index (χ3v) is 7.17. The molecular formula is C25H22N2O4. The first-order valence-electron chi connectivity index (χ1n) is 10.8. The zero-order valence-corrected chi connectivity index (χ0v) is 16.8. The summed E-state index contributed by atoms with van der Waals surface area (Å²) in [6.45, 7) is -0.234. The van der Waals surface area contributed by atoms with Crippen LogP contribution in [0.25, 0.3) is 0 Å². The van der Waals surface area contributed by atoms with Gasteiger partial charge in [0.2, 0.25) is 17.7 Å². The molecule has 7 rings (SSSR count). The molecule has 1 heterocycles. The summed E-state index contributed by atoms with van der Waals surface area (Å²) in [4.78, 5) is 39.7. The Hall–Kier alpha value is -3.41. The van der Waals surface area contributed by atoms with Crippen molar-refractivity contribution in [1.29, 1.82) is 0 Å². The fraction of sp³-hybridized carbons (Fsp3) is 0.320. The Morgan fingerprint density at radius 1 is 0.871 bits per heavy atom. The fourth-order valence-corrected chi connectivity index (χ4v) is 5.75. The second-order valence-electron chi connectivity index (χ2n) is 8.90. The molecule has 1 aliphatic heterocycles. The van der Waals surface area contributed by atoms with E-state index in [0.717, 1.165) is 12.2 Å². The van der Waals surface area contributed by atoms with Crippen LogP contribution in [0.1, 0.15) is 6.42 Å². The maximum atomic E-state index is 13.0. The first-order valence-corrected chi connectivity index (χ1v) is 10.8. The van der Waals surface area contributed by atoms with Gasteiger partial charge in [0, 0.05) is 5.69 Å². The molecule has 0 radical (unpaired) electrons. The highest BCUT2D eigenvalue weighted by atomic mass is 16.5. The first kappa shape index (κ1) is 18.4. The van der Waals surface area contributed by atoms with E-state index in [9.17, 15) is 14.4 Å². The van der Waals surface area contributed by atoms with Gasteiger partial charge in [0.05, 0.1) is 11.8 Å². The Morgan fingerprint density at radius 3 is 2.06 bits per heavy atom. The highest BCUT2D eigenvalue weighted by Gasteiger charge is 2.67. The summed E-state index contributed by atoms with van der Waals surface area (Å²) < 4.78 is 5.75. The molecule has 6 atom stereocenters. The van der Waals surface area contributed by atoms with Gasteiger partial charge in [-0.05, 0) is 66.5 Å². The van der Waals surface area contributed by atoms with Gasteiger partial charge >= 0.3 is 0 Å². The second kappa shape index (κ2) is 6.80. The number of rotatable bonds is 5. The molecule has 2 bridgehead atoms. The van der Waals surface area contributed by atoms with Crippen LogP contribution in [-0.2, 0) is 14.4 Å². The van der Waals surface area contributed by atoms with Crippen LogP contribution in [0, 0.1) is 35.5 Å². The van der Waals surface area contributed by atoms with Crippen LogP contribution in [0.3, 0.4) is 0 Å². The Morgan fingerprint density at radius 2 is 1.45 bits per heavy atom. The summed E-state index contributed by atoms with van der Waals surface area (Å²) in [7, 11) is 0. The van der Waals surface area contributed by atoms with Crippen molar-refractivity contribution in [2.45, 2.75) is 6.42 Å². The van der Waals surface area contributed by atoms with E-state index >= 15 is 0 Å². The van der Waals surface area contributed by atoms with Crippen LogP contribution in [0.15, 0.2) is 66.7 Å².